The van der Waals surface area contributed by atoms with Gasteiger partial charge < -0.3 is 14.1 Å². The SMILES string of the molecule is CSOC1CCCCC1C(=O)[O-].[Na+]. The van der Waals surface area contributed by atoms with Crippen molar-refractivity contribution in [3.63, 3.8) is 0 Å². The van der Waals surface area contributed by atoms with Crippen LogP contribution in [-0.4, -0.2) is 18.3 Å². The van der Waals surface area contributed by atoms with Gasteiger partial charge in [0.1, 0.15) is 0 Å². The Morgan fingerprint density at radius 2 is 2.08 bits per heavy atom. The van der Waals surface area contributed by atoms with Crippen molar-refractivity contribution in [2.75, 3.05) is 6.26 Å². The van der Waals surface area contributed by atoms with Gasteiger partial charge in [-0.25, -0.2) is 0 Å². The fraction of sp³-hybridized carbons (Fsp3) is 0.875. The zero-order chi connectivity index (χ0) is 8.97. The van der Waals surface area contributed by atoms with Gasteiger partial charge in [0.25, 0.3) is 0 Å². The van der Waals surface area contributed by atoms with Gasteiger partial charge in [0.2, 0.25) is 0 Å². The van der Waals surface area contributed by atoms with Crippen molar-refractivity contribution < 1.29 is 43.6 Å². The van der Waals surface area contributed by atoms with Crippen LogP contribution in [0.15, 0.2) is 0 Å². The maximum absolute atomic E-state index is 10.6. The molecule has 1 aliphatic rings. The summed E-state index contributed by atoms with van der Waals surface area (Å²) in [7, 11) is 0. The molecule has 0 aromatic rings. The third-order valence-electron chi connectivity index (χ3n) is 2.23. The van der Waals surface area contributed by atoms with Crippen molar-refractivity contribution in [1.29, 1.82) is 0 Å². The summed E-state index contributed by atoms with van der Waals surface area (Å²) in [4.78, 5) is 10.6. The number of aliphatic carboxylic acids is 1. The van der Waals surface area contributed by atoms with Gasteiger partial charge in [-0.2, -0.15) is 0 Å². The van der Waals surface area contributed by atoms with Crippen LogP contribution < -0.4 is 34.7 Å². The van der Waals surface area contributed by atoms with Crippen molar-refractivity contribution in [3.05, 3.63) is 0 Å². The minimum atomic E-state index is -0.964. The predicted molar refractivity (Wildman–Crippen MR) is 45.4 cm³/mol. The third kappa shape index (κ3) is 4.21. The summed E-state index contributed by atoms with van der Waals surface area (Å²) >= 11 is 1.24. The Morgan fingerprint density at radius 1 is 1.46 bits per heavy atom. The fourth-order valence-electron chi connectivity index (χ4n) is 1.61. The molecule has 0 radical (unpaired) electrons. The van der Waals surface area contributed by atoms with E-state index in [9.17, 15) is 9.90 Å². The van der Waals surface area contributed by atoms with Crippen LogP contribution in [0.5, 0.6) is 0 Å². The average Bonchev–Trinajstić information content (AvgIpc) is 2.05. The topological polar surface area (TPSA) is 49.4 Å². The number of hydrogen-bond acceptors (Lipinski definition) is 4. The van der Waals surface area contributed by atoms with E-state index in [2.05, 4.69) is 0 Å². The number of carbonyl (C=O) groups is 1. The molecule has 2 unspecified atom stereocenters. The van der Waals surface area contributed by atoms with Crippen LogP contribution in [0.4, 0.5) is 0 Å². The zero-order valence-electron chi connectivity index (χ0n) is 8.12. The molecular weight excluding hydrogens is 199 g/mol. The molecule has 70 valence electrons. The molecule has 0 bridgehead atoms. The van der Waals surface area contributed by atoms with Crippen LogP contribution in [0.1, 0.15) is 25.7 Å². The zero-order valence-corrected chi connectivity index (χ0v) is 10.9. The van der Waals surface area contributed by atoms with Crippen molar-refractivity contribution in [2.24, 2.45) is 5.92 Å². The molecule has 0 aliphatic heterocycles. The van der Waals surface area contributed by atoms with Gasteiger partial charge in [-0.1, -0.05) is 12.8 Å². The molecule has 13 heavy (non-hydrogen) atoms. The summed E-state index contributed by atoms with van der Waals surface area (Å²) in [5.74, 6) is -1.36. The monoisotopic (exact) mass is 212 g/mol. The summed E-state index contributed by atoms with van der Waals surface area (Å²) in [5, 5.41) is 10.6. The Morgan fingerprint density at radius 3 is 2.62 bits per heavy atom. The first-order chi connectivity index (χ1) is 5.75. The van der Waals surface area contributed by atoms with Crippen LogP contribution >= 0.6 is 12.0 Å². The van der Waals surface area contributed by atoms with E-state index in [0.29, 0.717) is 6.42 Å². The Bertz CT molecular complexity index is 163. The number of carboxylic acids is 1. The molecule has 0 heterocycles. The summed E-state index contributed by atoms with van der Waals surface area (Å²) in [5.41, 5.74) is 0. The van der Waals surface area contributed by atoms with Gasteiger partial charge in [0, 0.05) is 18.1 Å². The Hall–Kier alpha value is 0.780. The van der Waals surface area contributed by atoms with E-state index >= 15 is 0 Å². The molecular formula is C8H13NaO3S. The normalized spacial score (nSPS) is 27.8. The van der Waals surface area contributed by atoms with Crippen molar-refractivity contribution in [3.8, 4) is 0 Å². The summed E-state index contributed by atoms with van der Waals surface area (Å²) in [6.07, 6.45) is 5.26. The molecule has 1 saturated carbocycles. The van der Waals surface area contributed by atoms with E-state index < -0.39 is 11.9 Å². The van der Waals surface area contributed by atoms with E-state index in [1.54, 1.807) is 6.26 Å². The van der Waals surface area contributed by atoms with E-state index in [-0.39, 0.29) is 35.7 Å². The van der Waals surface area contributed by atoms with Gasteiger partial charge in [-0.05, 0) is 24.9 Å². The first-order valence-electron chi connectivity index (χ1n) is 4.16. The molecule has 1 fully saturated rings. The molecule has 0 aromatic heterocycles. The molecule has 0 aromatic carbocycles. The van der Waals surface area contributed by atoms with Gasteiger partial charge in [-0.15, -0.1) is 0 Å². The second-order valence-corrected chi connectivity index (χ2v) is 3.54. The van der Waals surface area contributed by atoms with Crippen LogP contribution in [-0.2, 0) is 8.98 Å². The number of rotatable bonds is 3. The smallest absolute Gasteiger partial charge is 0.550 e. The molecule has 0 N–H and O–H groups in total. The second-order valence-electron chi connectivity index (χ2n) is 3.01. The Balaban J connectivity index is 0.00000144. The minimum absolute atomic E-state index is 0. The van der Waals surface area contributed by atoms with E-state index in [1.807, 2.05) is 0 Å². The quantitative estimate of drug-likeness (QED) is 0.386. The van der Waals surface area contributed by atoms with Crippen LogP contribution in [0, 0.1) is 5.92 Å². The molecule has 1 rings (SSSR count). The van der Waals surface area contributed by atoms with Crippen molar-refractivity contribution in [2.45, 2.75) is 31.8 Å². The Labute approximate surface area is 105 Å². The van der Waals surface area contributed by atoms with Crippen molar-refractivity contribution >= 4 is 18.0 Å². The first kappa shape index (κ1) is 13.8. The largest absolute Gasteiger partial charge is 1.00 e. The van der Waals surface area contributed by atoms with Gasteiger partial charge in [-0.3, -0.25) is 0 Å². The molecule has 3 nitrogen and oxygen atoms in total. The molecule has 0 amide bonds. The molecule has 0 spiro atoms. The van der Waals surface area contributed by atoms with Crippen molar-refractivity contribution in [1.82, 2.24) is 0 Å². The first-order valence-corrected chi connectivity index (χ1v) is 5.31. The maximum atomic E-state index is 10.6. The summed E-state index contributed by atoms with van der Waals surface area (Å²) in [6, 6.07) is 0. The van der Waals surface area contributed by atoms with E-state index in [1.165, 1.54) is 12.0 Å². The van der Waals surface area contributed by atoms with E-state index in [4.69, 9.17) is 4.18 Å². The van der Waals surface area contributed by atoms with Gasteiger partial charge >= 0.3 is 29.6 Å². The van der Waals surface area contributed by atoms with Gasteiger partial charge in [0.05, 0.1) is 6.10 Å². The van der Waals surface area contributed by atoms with Crippen LogP contribution in [0.25, 0.3) is 0 Å². The van der Waals surface area contributed by atoms with E-state index in [0.717, 1.165) is 19.3 Å². The Kier molecular flexibility index (Phi) is 7.55. The third-order valence-corrected chi connectivity index (χ3v) is 2.66. The average molecular weight is 212 g/mol. The molecule has 0 saturated heterocycles. The molecule has 2 atom stereocenters. The summed E-state index contributed by atoms with van der Waals surface area (Å²) in [6.45, 7) is 0. The fourth-order valence-corrected chi connectivity index (χ4v) is 2.08. The van der Waals surface area contributed by atoms with Crippen LogP contribution in [0.3, 0.4) is 0 Å². The number of hydrogen-bond donors (Lipinski definition) is 0. The summed E-state index contributed by atoms with van der Waals surface area (Å²) < 4.78 is 5.25. The van der Waals surface area contributed by atoms with Gasteiger partial charge in [0.15, 0.2) is 0 Å². The molecule has 5 heteroatoms. The van der Waals surface area contributed by atoms with Crippen LogP contribution in [0.2, 0.25) is 0 Å². The number of carboxylic acid groups (broad SMARTS) is 1. The predicted octanol–water partition coefficient (Wildman–Crippen LogP) is -2.41. The minimum Gasteiger partial charge on any atom is -0.550 e. The number of carbonyl (C=O) groups excluding carboxylic acids is 1. The standard InChI is InChI=1S/C8H14O3S.Na/c1-12-11-7-5-3-2-4-6(7)8(9)10;/h6-7H,2-5H2,1H3,(H,9,10);/q;+1/p-1. The second kappa shape index (κ2) is 7.12. The maximum Gasteiger partial charge on any atom is 1.00 e. The molecule has 1 aliphatic carbocycles.